The second-order valence-corrected chi connectivity index (χ2v) is 15.1. The van der Waals surface area contributed by atoms with Crippen LogP contribution in [0.25, 0.3) is 27.6 Å². The SMILES string of the molecule is C=C/C=C\C(=C)C1=C2CC(C)C=CC2=C(C2=CC=CCC2)C2c3cccc4c(N(c5ccccc5)c5cc(/C=C\C)c(N=C)c6ccccc56)ccc(c34)C12. The highest BCUT2D eigenvalue weighted by molar-refractivity contribution is 6.11. The van der Waals surface area contributed by atoms with Crippen LogP contribution in [0.2, 0.25) is 0 Å². The molecule has 0 radical (unpaired) electrons. The molecule has 4 aliphatic carbocycles. The third kappa shape index (κ3) is 5.59. The van der Waals surface area contributed by atoms with Gasteiger partial charge in [0.05, 0.1) is 17.1 Å². The van der Waals surface area contributed by atoms with E-state index in [4.69, 9.17) is 6.58 Å². The fourth-order valence-electron chi connectivity index (χ4n) is 9.77. The summed E-state index contributed by atoms with van der Waals surface area (Å²) in [4.78, 5) is 7.00. The highest BCUT2D eigenvalue weighted by Crippen LogP contribution is 2.63. The van der Waals surface area contributed by atoms with E-state index in [2.05, 4.69) is 177 Å². The van der Waals surface area contributed by atoms with Crippen molar-refractivity contribution in [3.05, 3.63) is 209 Å². The summed E-state index contributed by atoms with van der Waals surface area (Å²) < 4.78 is 0. The number of benzene rings is 5. The summed E-state index contributed by atoms with van der Waals surface area (Å²) in [5.74, 6) is 0.788. The zero-order chi connectivity index (χ0) is 37.6. The first-order chi connectivity index (χ1) is 27.0. The van der Waals surface area contributed by atoms with Gasteiger partial charge in [-0.3, -0.25) is 4.99 Å². The van der Waals surface area contributed by atoms with Crippen LogP contribution >= 0.6 is 0 Å². The molecule has 0 heterocycles. The van der Waals surface area contributed by atoms with Crippen molar-refractivity contribution < 1.29 is 0 Å². The smallest absolute Gasteiger partial charge is 0.0774 e. The molecule has 2 nitrogen and oxygen atoms in total. The number of hydrogen-bond donors (Lipinski definition) is 0. The lowest BCUT2D eigenvalue weighted by Gasteiger charge is -2.39. The van der Waals surface area contributed by atoms with Crippen molar-refractivity contribution in [3.63, 3.8) is 0 Å². The van der Waals surface area contributed by atoms with Crippen LogP contribution in [0.3, 0.4) is 0 Å². The van der Waals surface area contributed by atoms with Crippen molar-refractivity contribution in [1.82, 2.24) is 0 Å². The molecule has 2 heteroatoms. The third-order valence-electron chi connectivity index (χ3n) is 11.9. The molecule has 268 valence electrons. The Morgan fingerprint density at radius 1 is 0.873 bits per heavy atom. The van der Waals surface area contributed by atoms with Crippen molar-refractivity contribution in [2.75, 3.05) is 4.90 Å². The van der Waals surface area contributed by atoms with Gasteiger partial charge in [0.1, 0.15) is 0 Å². The Morgan fingerprint density at radius 2 is 1.65 bits per heavy atom. The predicted molar refractivity (Wildman–Crippen MR) is 237 cm³/mol. The zero-order valence-corrected chi connectivity index (χ0v) is 31.8. The molecule has 0 saturated heterocycles. The van der Waals surface area contributed by atoms with Crippen LogP contribution in [0.1, 0.15) is 61.6 Å². The molecule has 3 unspecified atom stereocenters. The molecule has 0 N–H and O–H groups in total. The first-order valence-electron chi connectivity index (χ1n) is 19.6. The minimum absolute atomic E-state index is 0.153. The number of para-hydroxylation sites is 1. The molecular weight excluding hydrogens is 665 g/mol. The number of hydrogen-bond acceptors (Lipinski definition) is 2. The molecule has 55 heavy (non-hydrogen) atoms. The average molecular weight is 711 g/mol. The summed E-state index contributed by atoms with van der Waals surface area (Å²) >= 11 is 0. The monoisotopic (exact) mass is 710 g/mol. The largest absolute Gasteiger partial charge is 0.309 e. The van der Waals surface area contributed by atoms with Crippen molar-refractivity contribution in [1.29, 1.82) is 0 Å². The highest BCUT2D eigenvalue weighted by Gasteiger charge is 2.46. The molecule has 0 aromatic heterocycles. The van der Waals surface area contributed by atoms with Gasteiger partial charge in [0.15, 0.2) is 0 Å². The summed E-state index contributed by atoms with van der Waals surface area (Å²) in [7, 11) is 0. The molecule has 3 atom stereocenters. The summed E-state index contributed by atoms with van der Waals surface area (Å²) in [5, 5.41) is 4.82. The summed E-state index contributed by atoms with van der Waals surface area (Å²) in [6.45, 7) is 17.1. The van der Waals surface area contributed by atoms with Crippen LogP contribution in [0.5, 0.6) is 0 Å². The van der Waals surface area contributed by atoms with Gasteiger partial charge in [-0.1, -0.05) is 148 Å². The van der Waals surface area contributed by atoms with Gasteiger partial charge in [0.2, 0.25) is 0 Å². The van der Waals surface area contributed by atoms with E-state index in [0.29, 0.717) is 5.92 Å². The van der Waals surface area contributed by atoms with Gasteiger partial charge in [-0.2, -0.15) is 0 Å². The minimum Gasteiger partial charge on any atom is -0.309 e. The van der Waals surface area contributed by atoms with E-state index in [1.165, 1.54) is 49.8 Å². The molecule has 4 aliphatic rings. The van der Waals surface area contributed by atoms with Crippen molar-refractivity contribution in [3.8, 4) is 0 Å². The van der Waals surface area contributed by atoms with E-state index >= 15 is 0 Å². The van der Waals surface area contributed by atoms with Gasteiger partial charge < -0.3 is 4.90 Å². The van der Waals surface area contributed by atoms with E-state index in [-0.39, 0.29) is 11.8 Å². The normalized spacial score (nSPS) is 20.0. The van der Waals surface area contributed by atoms with Crippen molar-refractivity contribution in [2.45, 2.75) is 44.9 Å². The Labute approximate surface area is 325 Å². The maximum absolute atomic E-state index is 4.76. The van der Waals surface area contributed by atoms with Crippen LogP contribution in [-0.2, 0) is 0 Å². The predicted octanol–water partition coefficient (Wildman–Crippen LogP) is 14.8. The number of fused-ring (bicyclic) bond motifs is 5. The number of allylic oxidation sites excluding steroid dienone is 15. The maximum atomic E-state index is 4.76. The molecule has 5 aromatic carbocycles. The lowest BCUT2D eigenvalue weighted by Crippen LogP contribution is -2.24. The van der Waals surface area contributed by atoms with Crippen LogP contribution in [-0.4, -0.2) is 6.72 Å². The van der Waals surface area contributed by atoms with Crippen LogP contribution in [0.4, 0.5) is 22.7 Å². The van der Waals surface area contributed by atoms with Gasteiger partial charge in [0, 0.05) is 39.2 Å². The lowest BCUT2D eigenvalue weighted by atomic mass is 9.64. The number of aliphatic imine (C=N–C) groups is 1. The van der Waals surface area contributed by atoms with Gasteiger partial charge in [0.25, 0.3) is 0 Å². The van der Waals surface area contributed by atoms with Crippen LogP contribution < -0.4 is 4.90 Å². The van der Waals surface area contributed by atoms with Crippen LogP contribution in [0, 0.1) is 5.92 Å². The lowest BCUT2D eigenvalue weighted by molar-refractivity contribution is 0.635. The standard InChI is InChI=1S/C53H46N2/c1-6-8-19-35(4)48-45-32-34(3)28-29-40(45)49(36-20-11-9-12-21-36)52-43-27-17-26-42-46(31-30-44(50(42)43)51(48)52)55(38-22-13-10-14-23-38)47-33-37(18-7-2)53(54-5)41-25-16-15-24-39(41)47/h6-11,13-20,22-31,33-34,51-52H,1,4-5,12,21,32H2,2-3H3/b18-7-,19-8-. The Hall–Kier alpha value is -6.25. The third-order valence-corrected chi connectivity index (χ3v) is 11.9. The van der Waals surface area contributed by atoms with Crippen molar-refractivity contribution >= 4 is 57.1 Å². The quantitative estimate of drug-likeness (QED) is 0.110. The first kappa shape index (κ1) is 34.5. The number of nitrogens with zero attached hydrogens (tertiary/aromatic N) is 2. The van der Waals surface area contributed by atoms with Gasteiger partial charge in [-0.25, -0.2) is 0 Å². The molecule has 0 bridgehead atoms. The molecule has 0 saturated carbocycles. The molecule has 0 spiro atoms. The van der Waals surface area contributed by atoms with Gasteiger partial charge in [-0.05, 0) is 113 Å². The second-order valence-electron chi connectivity index (χ2n) is 15.1. The second kappa shape index (κ2) is 14.2. The van der Waals surface area contributed by atoms with E-state index in [9.17, 15) is 0 Å². The maximum Gasteiger partial charge on any atom is 0.0774 e. The van der Waals surface area contributed by atoms with E-state index in [1.54, 1.807) is 0 Å². The van der Waals surface area contributed by atoms with Crippen molar-refractivity contribution in [2.24, 2.45) is 10.9 Å². The molecule has 5 aromatic rings. The number of anilines is 3. The summed E-state index contributed by atoms with van der Waals surface area (Å²) in [6, 6.07) is 33.5. The number of rotatable bonds is 9. The molecule has 0 aliphatic heterocycles. The summed E-state index contributed by atoms with van der Waals surface area (Å²) in [5.41, 5.74) is 16.4. The fraction of sp³-hybridized carbons (Fsp3) is 0.151. The highest BCUT2D eigenvalue weighted by atomic mass is 15.1. The molecule has 0 amide bonds. The Kier molecular flexibility index (Phi) is 8.91. The summed E-state index contributed by atoms with van der Waals surface area (Å²) in [6.07, 6.45) is 25.2. The molecule has 9 rings (SSSR count). The molecule has 0 fully saturated rings. The Bertz CT molecular complexity index is 2650. The minimum atomic E-state index is 0.153. The van der Waals surface area contributed by atoms with E-state index in [0.717, 1.165) is 63.9 Å². The van der Waals surface area contributed by atoms with E-state index in [1.807, 2.05) is 12.2 Å². The van der Waals surface area contributed by atoms with E-state index < -0.39 is 0 Å². The average Bonchev–Trinajstić information content (AvgIpc) is 3.55. The fourth-order valence-corrected chi connectivity index (χ4v) is 9.77. The van der Waals surface area contributed by atoms with Crippen LogP contribution in [0.15, 0.2) is 197 Å². The first-order valence-corrected chi connectivity index (χ1v) is 19.6. The Balaban J connectivity index is 1.35. The van der Waals surface area contributed by atoms with Gasteiger partial charge in [-0.15, -0.1) is 0 Å². The molecular formula is C53H46N2. The van der Waals surface area contributed by atoms with Gasteiger partial charge >= 0.3 is 0 Å². The Morgan fingerprint density at radius 3 is 2.42 bits per heavy atom. The zero-order valence-electron chi connectivity index (χ0n) is 31.8. The topological polar surface area (TPSA) is 15.6 Å².